The highest BCUT2D eigenvalue weighted by Crippen LogP contribution is 2.20. The van der Waals surface area contributed by atoms with E-state index < -0.39 is 5.91 Å². The van der Waals surface area contributed by atoms with Crippen molar-refractivity contribution in [2.75, 3.05) is 6.54 Å². The van der Waals surface area contributed by atoms with Crippen molar-refractivity contribution in [3.05, 3.63) is 58.1 Å². The average Bonchev–Trinajstić information content (AvgIpc) is 3.17. The number of benzene rings is 1. The quantitative estimate of drug-likeness (QED) is 0.744. The van der Waals surface area contributed by atoms with Gasteiger partial charge in [0.1, 0.15) is 5.82 Å². The molecule has 24 heavy (non-hydrogen) atoms. The molecule has 8 heteroatoms. The highest BCUT2D eigenvalue weighted by atomic mass is 32.1. The fourth-order valence-electron chi connectivity index (χ4n) is 2.27. The standard InChI is InChI=1S/C16H15FN4O2S/c1-10-6-11(17)2-3-13(10)21-7-14(22)15(20-21)16(23)18-5-4-12-8-24-9-19-12/h2-3,6-9,22H,4-5H2,1H3,(H,18,23). The molecule has 0 spiro atoms. The number of halogens is 1. The summed E-state index contributed by atoms with van der Waals surface area (Å²) in [7, 11) is 0. The highest BCUT2D eigenvalue weighted by Gasteiger charge is 2.17. The molecular weight excluding hydrogens is 331 g/mol. The van der Waals surface area contributed by atoms with E-state index in [1.54, 1.807) is 18.5 Å². The summed E-state index contributed by atoms with van der Waals surface area (Å²) in [6.07, 6.45) is 1.93. The van der Waals surface area contributed by atoms with Gasteiger partial charge in [-0.15, -0.1) is 11.3 Å². The second-order valence-electron chi connectivity index (χ2n) is 5.22. The highest BCUT2D eigenvalue weighted by molar-refractivity contribution is 7.07. The Balaban J connectivity index is 1.72. The molecule has 3 aromatic rings. The van der Waals surface area contributed by atoms with Gasteiger partial charge in [0.05, 0.1) is 23.1 Å². The minimum atomic E-state index is -0.471. The lowest BCUT2D eigenvalue weighted by atomic mass is 10.2. The third kappa shape index (κ3) is 3.43. The zero-order chi connectivity index (χ0) is 17.1. The van der Waals surface area contributed by atoms with E-state index in [4.69, 9.17) is 0 Å². The molecule has 0 atom stereocenters. The molecule has 3 rings (SSSR count). The van der Waals surface area contributed by atoms with E-state index in [0.29, 0.717) is 24.2 Å². The van der Waals surface area contributed by atoms with Gasteiger partial charge in [-0.25, -0.2) is 14.1 Å². The number of nitrogens with zero attached hydrogens (tertiary/aromatic N) is 3. The minimum absolute atomic E-state index is 0.0722. The Morgan fingerprint density at radius 1 is 1.46 bits per heavy atom. The number of aryl methyl sites for hydroxylation is 1. The number of aromatic nitrogens is 3. The van der Waals surface area contributed by atoms with Crippen molar-refractivity contribution >= 4 is 17.2 Å². The number of thiazole rings is 1. The Morgan fingerprint density at radius 2 is 2.29 bits per heavy atom. The van der Waals surface area contributed by atoms with Crippen molar-refractivity contribution in [2.24, 2.45) is 0 Å². The molecule has 0 saturated carbocycles. The Labute approximate surface area is 141 Å². The summed E-state index contributed by atoms with van der Waals surface area (Å²) in [5.41, 5.74) is 3.80. The molecule has 0 saturated heterocycles. The normalized spacial score (nSPS) is 10.8. The number of hydrogen-bond acceptors (Lipinski definition) is 5. The Kier molecular flexibility index (Phi) is 4.57. The van der Waals surface area contributed by atoms with Gasteiger partial charge < -0.3 is 10.4 Å². The van der Waals surface area contributed by atoms with Crippen LogP contribution in [0.4, 0.5) is 4.39 Å². The van der Waals surface area contributed by atoms with Crippen LogP contribution in [-0.4, -0.2) is 32.3 Å². The Morgan fingerprint density at radius 3 is 3.00 bits per heavy atom. The predicted octanol–water partition coefficient (Wildman–Crippen LogP) is 2.45. The lowest BCUT2D eigenvalue weighted by Gasteiger charge is -2.05. The third-order valence-corrected chi connectivity index (χ3v) is 4.10. The van der Waals surface area contributed by atoms with Gasteiger partial charge in [-0.2, -0.15) is 5.10 Å². The number of aromatic hydroxyl groups is 1. The van der Waals surface area contributed by atoms with Gasteiger partial charge in [-0.05, 0) is 30.7 Å². The van der Waals surface area contributed by atoms with Gasteiger partial charge in [0.15, 0.2) is 11.4 Å². The molecule has 0 radical (unpaired) electrons. The first-order chi connectivity index (χ1) is 11.5. The van der Waals surface area contributed by atoms with Crippen molar-refractivity contribution in [2.45, 2.75) is 13.3 Å². The van der Waals surface area contributed by atoms with Crippen molar-refractivity contribution in [3.63, 3.8) is 0 Å². The van der Waals surface area contributed by atoms with Crippen LogP contribution in [-0.2, 0) is 6.42 Å². The minimum Gasteiger partial charge on any atom is -0.504 e. The zero-order valence-electron chi connectivity index (χ0n) is 12.9. The van der Waals surface area contributed by atoms with E-state index >= 15 is 0 Å². The average molecular weight is 346 g/mol. The van der Waals surface area contributed by atoms with Gasteiger partial charge in [-0.1, -0.05) is 0 Å². The maximum Gasteiger partial charge on any atom is 0.275 e. The summed E-state index contributed by atoms with van der Waals surface area (Å²) in [5, 5.41) is 18.7. The van der Waals surface area contributed by atoms with Gasteiger partial charge in [0.25, 0.3) is 5.91 Å². The molecule has 2 heterocycles. The van der Waals surface area contributed by atoms with Crippen LogP contribution in [0.1, 0.15) is 21.7 Å². The van der Waals surface area contributed by atoms with Crippen LogP contribution in [0.15, 0.2) is 35.3 Å². The molecule has 1 aromatic carbocycles. The van der Waals surface area contributed by atoms with Crippen LogP contribution >= 0.6 is 11.3 Å². The summed E-state index contributed by atoms with van der Waals surface area (Å²) in [6.45, 7) is 2.12. The number of carbonyl (C=O) groups is 1. The number of nitrogens with one attached hydrogen (secondary N) is 1. The van der Waals surface area contributed by atoms with Gasteiger partial charge in [-0.3, -0.25) is 4.79 Å². The van der Waals surface area contributed by atoms with Crippen molar-refractivity contribution in [1.29, 1.82) is 0 Å². The molecule has 2 aromatic heterocycles. The lowest BCUT2D eigenvalue weighted by molar-refractivity contribution is 0.0946. The maximum atomic E-state index is 13.2. The topological polar surface area (TPSA) is 80.0 Å². The molecule has 0 unspecified atom stereocenters. The van der Waals surface area contributed by atoms with Gasteiger partial charge in [0.2, 0.25) is 0 Å². The van der Waals surface area contributed by atoms with Crippen molar-refractivity contribution in [1.82, 2.24) is 20.1 Å². The second kappa shape index (κ2) is 6.79. The molecule has 0 aliphatic rings. The molecule has 1 amide bonds. The lowest BCUT2D eigenvalue weighted by Crippen LogP contribution is -2.26. The monoisotopic (exact) mass is 346 g/mol. The zero-order valence-corrected chi connectivity index (χ0v) is 13.7. The molecule has 0 bridgehead atoms. The largest absolute Gasteiger partial charge is 0.504 e. The summed E-state index contributed by atoms with van der Waals surface area (Å²) >= 11 is 1.49. The van der Waals surface area contributed by atoms with Crippen LogP contribution in [0.25, 0.3) is 5.69 Å². The first-order valence-corrected chi connectivity index (χ1v) is 8.19. The summed E-state index contributed by atoms with van der Waals surface area (Å²) < 4.78 is 14.5. The summed E-state index contributed by atoms with van der Waals surface area (Å²) in [5.74, 6) is -1.06. The van der Waals surface area contributed by atoms with E-state index in [0.717, 1.165) is 5.69 Å². The fraction of sp³-hybridized carbons (Fsp3) is 0.188. The fourth-order valence-corrected chi connectivity index (χ4v) is 2.87. The van der Waals surface area contributed by atoms with Crippen LogP contribution in [0.3, 0.4) is 0 Å². The van der Waals surface area contributed by atoms with Crippen LogP contribution in [0.2, 0.25) is 0 Å². The number of hydrogen-bond donors (Lipinski definition) is 2. The SMILES string of the molecule is Cc1cc(F)ccc1-n1cc(O)c(C(=O)NCCc2cscn2)n1. The van der Waals surface area contributed by atoms with E-state index in [1.807, 2.05) is 5.38 Å². The van der Waals surface area contributed by atoms with Crippen LogP contribution in [0, 0.1) is 12.7 Å². The van der Waals surface area contributed by atoms with Gasteiger partial charge in [0, 0.05) is 18.3 Å². The van der Waals surface area contributed by atoms with Crippen LogP contribution < -0.4 is 5.32 Å². The molecule has 6 nitrogen and oxygen atoms in total. The third-order valence-electron chi connectivity index (χ3n) is 3.47. The summed E-state index contributed by atoms with van der Waals surface area (Å²) in [4.78, 5) is 16.3. The van der Waals surface area contributed by atoms with E-state index in [1.165, 1.54) is 34.3 Å². The number of amides is 1. The Hall–Kier alpha value is -2.74. The summed E-state index contributed by atoms with van der Waals surface area (Å²) in [6, 6.07) is 4.21. The van der Waals surface area contributed by atoms with E-state index in [2.05, 4.69) is 15.4 Å². The molecule has 0 aliphatic carbocycles. The number of rotatable bonds is 5. The smallest absolute Gasteiger partial charge is 0.275 e. The molecule has 2 N–H and O–H groups in total. The predicted molar refractivity (Wildman–Crippen MR) is 88.1 cm³/mol. The Bertz CT molecular complexity index is 861. The van der Waals surface area contributed by atoms with E-state index in [9.17, 15) is 14.3 Å². The van der Waals surface area contributed by atoms with Crippen molar-refractivity contribution < 1.29 is 14.3 Å². The number of carbonyl (C=O) groups excluding carboxylic acids is 1. The van der Waals surface area contributed by atoms with Crippen molar-refractivity contribution in [3.8, 4) is 11.4 Å². The first kappa shape index (κ1) is 16.1. The van der Waals surface area contributed by atoms with Crippen LogP contribution in [0.5, 0.6) is 5.75 Å². The molecule has 124 valence electrons. The molecule has 0 aliphatic heterocycles. The maximum absolute atomic E-state index is 13.2. The second-order valence-corrected chi connectivity index (χ2v) is 5.94. The van der Waals surface area contributed by atoms with Gasteiger partial charge >= 0.3 is 0 Å². The molecule has 0 fully saturated rings. The first-order valence-electron chi connectivity index (χ1n) is 7.25. The van der Waals surface area contributed by atoms with E-state index in [-0.39, 0.29) is 17.3 Å². The molecular formula is C16H15FN4O2S.